The zero-order valence-electron chi connectivity index (χ0n) is 9.59. The molecule has 3 rings (SSSR count). The summed E-state index contributed by atoms with van der Waals surface area (Å²) in [7, 11) is 0. The van der Waals surface area contributed by atoms with Gasteiger partial charge in [0, 0.05) is 6.54 Å². The van der Waals surface area contributed by atoms with E-state index in [0.29, 0.717) is 18.0 Å². The molecule has 2 aromatic heterocycles. The van der Waals surface area contributed by atoms with Gasteiger partial charge in [-0.1, -0.05) is 11.3 Å². The number of ether oxygens (including phenoxy) is 1. The standard InChI is InChI=1S/C9H10F3N5OS/c10-9(11,12)7-14-15-8-17(7)16-6(19-8)5-2-1-4(3-13)18-5/h4-5H,1-3,13H2. The van der Waals surface area contributed by atoms with Gasteiger partial charge >= 0.3 is 6.18 Å². The van der Waals surface area contributed by atoms with Crippen molar-refractivity contribution in [2.45, 2.75) is 31.2 Å². The minimum absolute atomic E-state index is 0.0542. The average Bonchev–Trinajstić information content (AvgIpc) is 3.00. The van der Waals surface area contributed by atoms with E-state index in [-0.39, 0.29) is 17.2 Å². The Hall–Kier alpha value is -1.26. The molecule has 0 saturated carbocycles. The molecule has 1 aliphatic heterocycles. The molecule has 2 unspecified atom stereocenters. The highest BCUT2D eigenvalue weighted by Crippen LogP contribution is 2.36. The van der Waals surface area contributed by atoms with Crippen LogP contribution in [0.4, 0.5) is 13.2 Å². The van der Waals surface area contributed by atoms with Gasteiger partial charge in [-0.15, -0.1) is 10.2 Å². The monoisotopic (exact) mass is 293 g/mol. The molecule has 3 heterocycles. The van der Waals surface area contributed by atoms with Crippen molar-refractivity contribution in [2.24, 2.45) is 5.73 Å². The number of hydrogen-bond acceptors (Lipinski definition) is 6. The SMILES string of the molecule is NCC1CCC(c2nn3c(C(F)(F)F)nnc3s2)O1. The van der Waals surface area contributed by atoms with Crippen molar-refractivity contribution in [3.8, 4) is 0 Å². The lowest BCUT2D eigenvalue weighted by molar-refractivity contribution is -0.146. The smallest absolute Gasteiger partial charge is 0.366 e. The topological polar surface area (TPSA) is 78.3 Å². The third-order valence-electron chi connectivity index (χ3n) is 2.91. The fourth-order valence-electron chi connectivity index (χ4n) is 2.00. The Morgan fingerprint density at radius 2 is 2.16 bits per heavy atom. The van der Waals surface area contributed by atoms with Crippen LogP contribution in [0.3, 0.4) is 0 Å². The lowest BCUT2D eigenvalue weighted by atomic mass is 10.2. The Bertz CT molecular complexity index is 594. The molecule has 0 spiro atoms. The molecule has 2 atom stereocenters. The van der Waals surface area contributed by atoms with Crippen molar-refractivity contribution in [2.75, 3.05) is 6.54 Å². The maximum atomic E-state index is 12.6. The highest BCUT2D eigenvalue weighted by atomic mass is 32.1. The predicted octanol–water partition coefficient (Wildman–Crippen LogP) is 1.38. The summed E-state index contributed by atoms with van der Waals surface area (Å²) >= 11 is 1.06. The number of nitrogens with two attached hydrogens (primary N) is 1. The molecular formula is C9H10F3N5OS. The molecule has 1 fully saturated rings. The molecule has 0 aromatic carbocycles. The van der Waals surface area contributed by atoms with Gasteiger partial charge in [0.25, 0.3) is 5.82 Å². The second kappa shape index (κ2) is 4.39. The van der Waals surface area contributed by atoms with Crippen LogP contribution in [-0.4, -0.2) is 32.5 Å². The van der Waals surface area contributed by atoms with Gasteiger partial charge in [-0.05, 0) is 12.8 Å². The first-order valence-corrected chi connectivity index (χ1v) is 6.45. The van der Waals surface area contributed by atoms with Crippen LogP contribution in [0.25, 0.3) is 4.96 Å². The molecule has 0 radical (unpaired) electrons. The molecule has 2 N–H and O–H groups in total. The van der Waals surface area contributed by atoms with Crippen LogP contribution in [0.1, 0.15) is 29.8 Å². The number of rotatable bonds is 2. The van der Waals surface area contributed by atoms with Crippen molar-refractivity contribution < 1.29 is 17.9 Å². The molecule has 0 aliphatic carbocycles. The van der Waals surface area contributed by atoms with Gasteiger partial charge in [0.2, 0.25) is 4.96 Å². The third kappa shape index (κ3) is 2.19. The summed E-state index contributed by atoms with van der Waals surface area (Å²) in [5.74, 6) is -1.11. The van der Waals surface area contributed by atoms with E-state index in [4.69, 9.17) is 10.5 Å². The van der Waals surface area contributed by atoms with Crippen LogP contribution in [0.5, 0.6) is 0 Å². The van der Waals surface area contributed by atoms with E-state index in [1.807, 2.05) is 0 Å². The van der Waals surface area contributed by atoms with Crippen LogP contribution in [0.2, 0.25) is 0 Å². The summed E-state index contributed by atoms with van der Waals surface area (Å²) in [5, 5.41) is 11.0. The number of halogens is 3. The molecule has 104 valence electrons. The Labute approximate surface area is 109 Å². The Balaban J connectivity index is 1.93. The van der Waals surface area contributed by atoms with Crippen LogP contribution in [-0.2, 0) is 10.9 Å². The zero-order valence-corrected chi connectivity index (χ0v) is 10.4. The van der Waals surface area contributed by atoms with E-state index in [0.717, 1.165) is 22.3 Å². The molecule has 19 heavy (non-hydrogen) atoms. The second-order valence-electron chi connectivity index (χ2n) is 4.22. The van der Waals surface area contributed by atoms with Crippen LogP contribution < -0.4 is 5.73 Å². The first-order chi connectivity index (χ1) is 8.99. The van der Waals surface area contributed by atoms with Gasteiger partial charge in [0.05, 0.1) is 6.10 Å². The van der Waals surface area contributed by atoms with Crippen molar-refractivity contribution in [1.82, 2.24) is 19.8 Å². The van der Waals surface area contributed by atoms with Gasteiger partial charge in [0.1, 0.15) is 11.1 Å². The summed E-state index contributed by atoms with van der Waals surface area (Å²) in [6, 6.07) is 0. The molecule has 1 saturated heterocycles. The van der Waals surface area contributed by atoms with Gasteiger partial charge in [-0.2, -0.15) is 22.8 Å². The summed E-state index contributed by atoms with van der Waals surface area (Å²) in [6.07, 6.45) is -3.44. The normalized spacial score (nSPS) is 24.4. The minimum atomic E-state index is -4.57. The molecule has 10 heteroatoms. The quantitative estimate of drug-likeness (QED) is 0.905. The highest BCUT2D eigenvalue weighted by Gasteiger charge is 2.39. The molecule has 2 aromatic rings. The number of fused-ring (bicyclic) bond motifs is 1. The summed E-state index contributed by atoms with van der Waals surface area (Å²) in [6.45, 7) is 0.397. The lowest BCUT2D eigenvalue weighted by Crippen LogP contribution is -2.18. The van der Waals surface area contributed by atoms with Crippen molar-refractivity contribution in [1.29, 1.82) is 0 Å². The van der Waals surface area contributed by atoms with Gasteiger partial charge in [-0.25, -0.2) is 0 Å². The van der Waals surface area contributed by atoms with Crippen LogP contribution in [0.15, 0.2) is 0 Å². The lowest BCUT2D eigenvalue weighted by Gasteiger charge is -2.08. The Morgan fingerprint density at radius 3 is 2.79 bits per heavy atom. The summed E-state index contributed by atoms with van der Waals surface area (Å²) in [5.41, 5.74) is 5.49. The van der Waals surface area contributed by atoms with E-state index in [1.165, 1.54) is 0 Å². The zero-order chi connectivity index (χ0) is 13.6. The van der Waals surface area contributed by atoms with E-state index in [1.54, 1.807) is 0 Å². The molecule has 1 aliphatic rings. The highest BCUT2D eigenvalue weighted by molar-refractivity contribution is 7.16. The van der Waals surface area contributed by atoms with Crippen molar-refractivity contribution in [3.05, 3.63) is 10.8 Å². The molecular weight excluding hydrogens is 283 g/mol. The fraction of sp³-hybridized carbons (Fsp3) is 0.667. The summed E-state index contributed by atoms with van der Waals surface area (Å²) < 4.78 is 44.3. The summed E-state index contributed by atoms with van der Waals surface area (Å²) in [4.78, 5) is 0.113. The fourth-order valence-corrected chi connectivity index (χ4v) is 2.91. The Morgan fingerprint density at radius 1 is 1.37 bits per heavy atom. The van der Waals surface area contributed by atoms with Gasteiger partial charge in [-0.3, -0.25) is 0 Å². The van der Waals surface area contributed by atoms with E-state index >= 15 is 0 Å². The minimum Gasteiger partial charge on any atom is -0.366 e. The number of alkyl halides is 3. The second-order valence-corrected chi connectivity index (χ2v) is 5.20. The van der Waals surface area contributed by atoms with E-state index in [2.05, 4.69) is 15.3 Å². The Kier molecular flexibility index (Phi) is 2.95. The largest absolute Gasteiger partial charge is 0.453 e. The maximum Gasteiger partial charge on any atom is 0.453 e. The van der Waals surface area contributed by atoms with Crippen LogP contribution >= 0.6 is 11.3 Å². The molecule has 0 bridgehead atoms. The number of nitrogens with zero attached hydrogens (tertiary/aromatic N) is 4. The van der Waals surface area contributed by atoms with E-state index in [9.17, 15) is 13.2 Å². The third-order valence-corrected chi connectivity index (χ3v) is 3.90. The van der Waals surface area contributed by atoms with Crippen molar-refractivity contribution in [3.63, 3.8) is 0 Å². The first-order valence-electron chi connectivity index (χ1n) is 5.64. The average molecular weight is 293 g/mol. The number of hydrogen-bond donors (Lipinski definition) is 1. The van der Waals surface area contributed by atoms with Crippen molar-refractivity contribution >= 4 is 16.3 Å². The van der Waals surface area contributed by atoms with E-state index < -0.39 is 12.0 Å². The predicted molar refractivity (Wildman–Crippen MR) is 59.6 cm³/mol. The molecule has 0 amide bonds. The maximum absolute atomic E-state index is 12.6. The molecule has 6 nitrogen and oxygen atoms in total. The number of aromatic nitrogens is 4. The first kappa shape index (κ1) is 12.8. The van der Waals surface area contributed by atoms with Gasteiger partial charge in [0.15, 0.2) is 0 Å². The van der Waals surface area contributed by atoms with Crippen LogP contribution in [0, 0.1) is 0 Å². The van der Waals surface area contributed by atoms with Gasteiger partial charge < -0.3 is 10.5 Å².